The van der Waals surface area contributed by atoms with E-state index in [-0.39, 0.29) is 17.6 Å². The lowest BCUT2D eigenvalue weighted by molar-refractivity contribution is -0.146. The summed E-state index contributed by atoms with van der Waals surface area (Å²) in [6.45, 7) is 5.79. The standard InChI is InChI=1S/C21H22N2O4S/c1-13-5-10-18(14(2)11-13)28-12-19(24)26-15(3)20-22-23-21(27-20)16-6-8-17(25-4)9-7-16/h5-11,15H,12H2,1-4H3/t15-/m0/s1. The van der Waals surface area contributed by atoms with Crippen LogP contribution in [-0.2, 0) is 9.53 Å². The normalized spacial score (nSPS) is 11.9. The Morgan fingerprint density at radius 3 is 2.57 bits per heavy atom. The minimum atomic E-state index is -0.619. The molecule has 1 atom stereocenters. The van der Waals surface area contributed by atoms with E-state index in [0.717, 1.165) is 21.8 Å². The van der Waals surface area contributed by atoms with Gasteiger partial charge in [0, 0.05) is 10.5 Å². The fourth-order valence-electron chi connectivity index (χ4n) is 2.63. The van der Waals surface area contributed by atoms with Crippen molar-refractivity contribution in [2.75, 3.05) is 12.9 Å². The predicted octanol–water partition coefficient (Wildman–Crippen LogP) is 4.76. The fraction of sp³-hybridized carbons (Fsp3) is 0.286. The van der Waals surface area contributed by atoms with Crippen LogP contribution in [0.1, 0.15) is 30.0 Å². The van der Waals surface area contributed by atoms with Crippen molar-refractivity contribution in [3.8, 4) is 17.2 Å². The Balaban J connectivity index is 1.57. The molecule has 146 valence electrons. The van der Waals surface area contributed by atoms with Crippen LogP contribution in [-0.4, -0.2) is 29.0 Å². The van der Waals surface area contributed by atoms with E-state index in [4.69, 9.17) is 13.9 Å². The first-order valence-electron chi connectivity index (χ1n) is 8.83. The summed E-state index contributed by atoms with van der Waals surface area (Å²) in [7, 11) is 1.61. The van der Waals surface area contributed by atoms with Gasteiger partial charge in [-0.1, -0.05) is 17.7 Å². The van der Waals surface area contributed by atoms with Gasteiger partial charge in [0.15, 0.2) is 6.10 Å². The molecule has 0 N–H and O–H groups in total. The zero-order chi connectivity index (χ0) is 20.1. The highest BCUT2D eigenvalue weighted by atomic mass is 32.2. The molecule has 3 aromatic rings. The number of nitrogens with zero attached hydrogens (tertiary/aromatic N) is 2. The number of methoxy groups -OCH3 is 1. The number of thioether (sulfide) groups is 1. The summed E-state index contributed by atoms with van der Waals surface area (Å²) in [5.41, 5.74) is 3.11. The molecule has 0 saturated carbocycles. The van der Waals surface area contributed by atoms with Crippen LogP contribution < -0.4 is 4.74 Å². The summed E-state index contributed by atoms with van der Waals surface area (Å²) >= 11 is 1.45. The average molecular weight is 398 g/mol. The van der Waals surface area contributed by atoms with Crippen molar-refractivity contribution in [1.82, 2.24) is 10.2 Å². The Morgan fingerprint density at radius 1 is 1.14 bits per heavy atom. The van der Waals surface area contributed by atoms with Crippen molar-refractivity contribution >= 4 is 17.7 Å². The zero-order valence-electron chi connectivity index (χ0n) is 16.3. The van der Waals surface area contributed by atoms with E-state index < -0.39 is 6.10 Å². The quantitative estimate of drug-likeness (QED) is 0.420. The predicted molar refractivity (Wildman–Crippen MR) is 107 cm³/mol. The summed E-state index contributed by atoms with van der Waals surface area (Å²) in [4.78, 5) is 13.2. The summed E-state index contributed by atoms with van der Waals surface area (Å²) in [6, 6.07) is 13.4. The lowest BCUT2D eigenvalue weighted by Gasteiger charge is -2.10. The molecule has 0 aliphatic carbocycles. The molecule has 28 heavy (non-hydrogen) atoms. The fourth-order valence-corrected chi connectivity index (χ4v) is 3.42. The lowest BCUT2D eigenvalue weighted by Crippen LogP contribution is -2.11. The number of carbonyl (C=O) groups excluding carboxylic acids is 1. The first-order chi connectivity index (χ1) is 13.5. The summed E-state index contributed by atoms with van der Waals surface area (Å²) in [6.07, 6.45) is -0.619. The van der Waals surface area contributed by atoms with Gasteiger partial charge in [-0.15, -0.1) is 22.0 Å². The van der Waals surface area contributed by atoms with E-state index in [2.05, 4.69) is 16.3 Å². The van der Waals surface area contributed by atoms with Gasteiger partial charge in [-0.25, -0.2) is 0 Å². The maximum absolute atomic E-state index is 12.2. The molecule has 2 aromatic carbocycles. The molecule has 0 amide bonds. The average Bonchev–Trinajstić information content (AvgIpc) is 3.18. The van der Waals surface area contributed by atoms with Crippen molar-refractivity contribution in [1.29, 1.82) is 0 Å². The molecule has 0 spiro atoms. The molecular weight excluding hydrogens is 376 g/mol. The number of esters is 1. The van der Waals surface area contributed by atoms with Gasteiger partial charge in [0.2, 0.25) is 5.89 Å². The maximum atomic E-state index is 12.2. The van der Waals surface area contributed by atoms with Gasteiger partial charge in [-0.3, -0.25) is 4.79 Å². The molecule has 1 aromatic heterocycles. The van der Waals surface area contributed by atoms with Gasteiger partial charge < -0.3 is 13.9 Å². The van der Waals surface area contributed by atoms with Crippen LogP contribution in [0.3, 0.4) is 0 Å². The van der Waals surface area contributed by atoms with Crippen LogP contribution in [0.15, 0.2) is 51.8 Å². The van der Waals surface area contributed by atoms with E-state index in [1.54, 1.807) is 14.0 Å². The van der Waals surface area contributed by atoms with Crippen molar-refractivity contribution in [3.05, 3.63) is 59.5 Å². The van der Waals surface area contributed by atoms with Crippen LogP contribution in [0.4, 0.5) is 0 Å². The van der Waals surface area contributed by atoms with Crippen molar-refractivity contribution < 1.29 is 18.7 Å². The largest absolute Gasteiger partial charge is 0.497 e. The second-order valence-corrected chi connectivity index (χ2v) is 7.38. The molecule has 0 saturated heterocycles. The second kappa shape index (κ2) is 8.93. The number of rotatable bonds is 7. The number of ether oxygens (including phenoxy) is 2. The maximum Gasteiger partial charge on any atom is 0.317 e. The number of hydrogen-bond donors (Lipinski definition) is 0. The number of aryl methyl sites for hydroxylation is 2. The monoisotopic (exact) mass is 398 g/mol. The first-order valence-corrected chi connectivity index (χ1v) is 9.82. The first kappa shape index (κ1) is 19.9. The van der Waals surface area contributed by atoms with Crippen LogP contribution >= 0.6 is 11.8 Å². The zero-order valence-corrected chi connectivity index (χ0v) is 17.1. The van der Waals surface area contributed by atoms with Gasteiger partial charge >= 0.3 is 5.97 Å². The van der Waals surface area contributed by atoms with E-state index >= 15 is 0 Å². The van der Waals surface area contributed by atoms with Gasteiger partial charge in [0.25, 0.3) is 5.89 Å². The molecule has 0 fully saturated rings. The van der Waals surface area contributed by atoms with Crippen LogP contribution in [0.5, 0.6) is 5.75 Å². The number of aromatic nitrogens is 2. The van der Waals surface area contributed by atoms with Crippen LogP contribution in [0.2, 0.25) is 0 Å². The number of hydrogen-bond acceptors (Lipinski definition) is 7. The molecular formula is C21H22N2O4S. The van der Waals surface area contributed by atoms with Gasteiger partial charge in [0.1, 0.15) is 5.75 Å². The van der Waals surface area contributed by atoms with Crippen molar-refractivity contribution in [2.45, 2.75) is 31.8 Å². The molecule has 3 rings (SSSR count). The molecule has 6 nitrogen and oxygen atoms in total. The minimum Gasteiger partial charge on any atom is -0.497 e. The van der Waals surface area contributed by atoms with E-state index in [1.807, 2.05) is 50.2 Å². The van der Waals surface area contributed by atoms with Gasteiger partial charge in [-0.2, -0.15) is 0 Å². The highest BCUT2D eigenvalue weighted by Gasteiger charge is 2.19. The SMILES string of the molecule is COc1ccc(-c2nnc([C@H](C)OC(=O)CSc3ccc(C)cc3C)o2)cc1. The highest BCUT2D eigenvalue weighted by molar-refractivity contribution is 8.00. The molecule has 1 heterocycles. The molecule has 0 radical (unpaired) electrons. The second-order valence-electron chi connectivity index (χ2n) is 6.36. The Bertz CT molecular complexity index is 953. The third-order valence-electron chi connectivity index (χ3n) is 4.11. The number of carbonyl (C=O) groups is 1. The molecule has 0 aliphatic heterocycles. The number of benzene rings is 2. The smallest absolute Gasteiger partial charge is 0.317 e. The van der Waals surface area contributed by atoms with Crippen molar-refractivity contribution in [2.24, 2.45) is 0 Å². The molecule has 0 bridgehead atoms. The van der Waals surface area contributed by atoms with E-state index in [0.29, 0.717) is 5.89 Å². The summed E-state index contributed by atoms with van der Waals surface area (Å²) < 4.78 is 16.2. The summed E-state index contributed by atoms with van der Waals surface area (Å²) in [5.74, 6) is 1.25. The van der Waals surface area contributed by atoms with Crippen LogP contribution in [0, 0.1) is 13.8 Å². The third-order valence-corrected chi connectivity index (χ3v) is 5.26. The van der Waals surface area contributed by atoms with Gasteiger partial charge in [0.05, 0.1) is 12.9 Å². The van der Waals surface area contributed by atoms with Crippen LogP contribution in [0.25, 0.3) is 11.5 Å². The minimum absolute atomic E-state index is 0.216. The molecule has 7 heteroatoms. The van der Waals surface area contributed by atoms with E-state index in [9.17, 15) is 4.79 Å². The highest BCUT2D eigenvalue weighted by Crippen LogP contribution is 2.26. The molecule has 0 aliphatic rings. The van der Waals surface area contributed by atoms with Crippen molar-refractivity contribution in [3.63, 3.8) is 0 Å². The van der Waals surface area contributed by atoms with E-state index in [1.165, 1.54) is 17.3 Å². The Hall–Kier alpha value is -2.80. The lowest BCUT2D eigenvalue weighted by atomic mass is 10.2. The summed E-state index contributed by atoms with van der Waals surface area (Å²) in [5, 5.41) is 8.03. The third kappa shape index (κ3) is 4.92. The topological polar surface area (TPSA) is 74.5 Å². The Kier molecular flexibility index (Phi) is 6.36. The molecule has 0 unspecified atom stereocenters. The Labute approximate surface area is 168 Å². The Morgan fingerprint density at radius 2 is 1.89 bits per heavy atom. The van der Waals surface area contributed by atoms with Gasteiger partial charge in [-0.05, 0) is 56.7 Å².